The third kappa shape index (κ3) is 2.61. The Balaban J connectivity index is 2.02. The van der Waals surface area contributed by atoms with E-state index in [1.165, 1.54) is 18.7 Å². The van der Waals surface area contributed by atoms with Crippen molar-refractivity contribution in [1.29, 1.82) is 0 Å². The lowest BCUT2D eigenvalue weighted by Crippen LogP contribution is -2.29. The Kier molecular flexibility index (Phi) is 3.93. The third-order valence-corrected chi connectivity index (χ3v) is 3.39. The minimum Gasteiger partial charge on any atom is -0.317 e. The summed E-state index contributed by atoms with van der Waals surface area (Å²) in [5.41, 5.74) is 0. The van der Waals surface area contributed by atoms with Gasteiger partial charge in [0, 0.05) is 13.0 Å². The van der Waals surface area contributed by atoms with E-state index < -0.39 is 0 Å². The van der Waals surface area contributed by atoms with Gasteiger partial charge in [-0.05, 0) is 45.2 Å². The molecule has 1 aliphatic rings. The second-order valence-electron chi connectivity index (χ2n) is 4.71. The molecule has 1 N–H and O–H groups in total. The number of hydrogen-bond acceptors (Lipinski definition) is 3. The van der Waals surface area contributed by atoms with Gasteiger partial charge in [-0.15, -0.1) is 10.2 Å². The highest BCUT2D eigenvalue weighted by Crippen LogP contribution is 2.17. The van der Waals surface area contributed by atoms with Gasteiger partial charge in [0.25, 0.3) is 0 Å². The normalized spacial score (nSPS) is 17.9. The molecule has 1 aromatic rings. The highest BCUT2D eigenvalue weighted by molar-refractivity contribution is 4.96. The summed E-state index contributed by atoms with van der Waals surface area (Å²) in [6.07, 6.45) is 4.80. The predicted octanol–water partition coefficient (Wildman–Crippen LogP) is 1.54. The first-order chi connectivity index (χ1) is 7.81. The summed E-state index contributed by atoms with van der Waals surface area (Å²) in [6, 6.07) is 0. The zero-order valence-electron chi connectivity index (χ0n) is 10.4. The van der Waals surface area contributed by atoms with E-state index in [2.05, 4.69) is 33.9 Å². The summed E-state index contributed by atoms with van der Waals surface area (Å²) in [7, 11) is 0. The Morgan fingerprint density at radius 3 is 2.75 bits per heavy atom. The first kappa shape index (κ1) is 11.6. The number of nitrogens with zero attached hydrogens (tertiary/aromatic N) is 3. The second kappa shape index (κ2) is 5.43. The molecule has 1 aromatic heterocycles. The summed E-state index contributed by atoms with van der Waals surface area (Å²) < 4.78 is 2.28. The van der Waals surface area contributed by atoms with E-state index in [4.69, 9.17) is 0 Å². The van der Waals surface area contributed by atoms with Crippen LogP contribution in [0.4, 0.5) is 0 Å². The van der Waals surface area contributed by atoms with Crippen LogP contribution in [-0.2, 0) is 13.0 Å². The van der Waals surface area contributed by atoms with Crippen LogP contribution in [-0.4, -0.2) is 27.9 Å². The van der Waals surface area contributed by atoms with Gasteiger partial charge in [-0.25, -0.2) is 0 Å². The molecule has 2 rings (SSSR count). The van der Waals surface area contributed by atoms with Gasteiger partial charge in [0.1, 0.15) is 11.6 Å². The fourth-order valence-electron chi connectivity index (χ4n) is 2.43. The molecule has 16 heavy (non-hydrogen) atoms. The van der Waals surface area contributed by atoms with E-state index in [0.717, 1.165) is 44.2 Å². The molecule has 0 aliphatic carbocycles. The van der Waals surface area contributed by atoms with Gasteiger partial charge in [0.2, 0.25) is 0 Å². The molecule has 4 nitrogen and oxygen atoms in total. The summed E-state index contributed by atoms with van der Waals surface area (Å²) in [5.74, 6) is 3.04. The Bertz CT molecular complexity index is 326. The van der Waals surface area contributed by atoms with Crippen LogP contribution in [0.3, 0.4) is 0 Å². The first-order valence-corrected chi connectivity index (χ1v) is 6.40. The highest BCUT2D eigenvalue weighted by Gasteiger charge is 2.17. The molecule has 1 saturated heterocycles. The predicted molar refractivity (Wildman–Crippen MR) is 64.3 cm³/mol. The van der Waals surface area contributed by atoms with Gasteiger partial charge in [0.15, 0.2) is 0 Å². The molecule has 1 aliphatic heterocycles. The standard InChI is InChI=1S/C12H22N4/c1-3-8-16-10(2)14-15-12(16)9-11-4-6-13-7-5-11/h11,13H,3-9H2,1-2H3. The summed E-state index contributed by atoms with van der Waals surface area (Å²) in [4.78, 5) is 0. The van der Waals surface area contributed by atoms with Crippen molar-refractivity contribution < 1.29 is 0 Å². The topological polar surface area (TPSA) is 42.7 Å². The average Bonchev–Trinajstić information content (AvgIpc) is 2.64. The number of nitrogens with one attached hydrogen (secondary N) is 1. The lowest BCUT2D eigenvalue weighted by Gasteiger charge is -2.22. The molecule has 0 spiro atoms. The third-order valence-electron chi connectivity index (χ3n) is 3.39. The van der Waals surface area contributed by atoms with Crippen LogP contribution in [0.2, 0.25) is 0 Å². The van der Waals surface area contributed by atoms with E-state index in [1.54, 1.807) is 0 Å². The number of aromatic nitrogens is 3. The largest absolute Gasteiger partial charge is 0.317 e. The van der Waals surface area contributed by atoms with Crippen LogP contribution in [0.25, 0.3) is 0 Å². The van der Waals surface area contributed by atoms with Gasteiger partial charge in [-0.2, -0.15) is 0 Å². The number of rotatable bonds is 4. The summed E-state index contributed by atoms with van der Waals surface area (Å²) >= 11 is 0. The van der Waals surface area contributed by atoms with Crippen LogP contribution in [0.5, 0.6) is 0 Å². The van der Waals surface area contributed by atoms with Crippen molar-refractivity contribution in [2.75, 3.05) is 13.1 Å². The van der Waals surface area contributed by atoms with Crippen molar-refractivity contribution in [2.45, 2.75) is 46.1 Å². The van der Waals surface area contributed by atoms with Gasteiger partial charge >= 0.3 is 0 Å². The van der Waals surface area contributed by atoms with Gasteiger partial charge in [-0.3, -0.25) is 0 Å². The molecule has 1 fully saturated rings. The molecule has 2 heterocycles. The molecular formula is C12H22N4. The fraction of sp³-hybridized carbons (Fsp3) is 0.833. The molecule has 4 heteroatoms. The highest BCUT2D eigenvalue weighted by atomic mass is 15.3. The average molecular weight is 222 g/mol. The van der Waals surface area contributed by atoms with Gasteiger partial charge in [-0.1, -0.05) is 6.92 Å². The first-order valence-electron chi connectivity index (χ1n) is 6.40. The van der Waals surface area contributed by atoms with Gasteiger partial charge < -0.3 is 9.88 Å². The maximum absolute atomic E-state index is 4.32. The monoisotopic (exact) mass is 222 g/mol. The molecule has 0 radical (unpaired) electrons. The fourth-order valence-corrected chi connectivity index (χ4v) is 2.43. The Hall–Kier alpha value is -0.900. The molecule has 0 aromatic carbocycles. The maximum Gasteiger partial charge on any atom is 0.133 e. The Morgan fingerprint density at radius 2 is 2.06 bits per heavy atom. The van der Waals surface area contributed by atoms with E-state index in [1.807, 2.05) is 0 Å². The minimum atomic E-state index is 0.792. The Morgan fingerprint density at radius 1 is 1.31 bits per heavy atom. The van der Waals surface area contributed by atoms with Crippen molar-refractivity contribution in [1.82, 2.24) is 20.1 Å². The van der Waals surface area contributed by atoms with Crippen LogP contribution in [0.1, 0.15) is 37.8 Å². The maximum atomic E-state index is 4.32. The summed E-state index contributed by atoms with van der Waals surface area (Å²) in [5, 5.41) is 11.9. The minimum absolute atomic E-state index is 0.792. The quantitative estimate of drug-likeness (QED) is 0.840. The lowest BCUT2D eigenvalue weighted by atomic mass is 9.94. The number of aryl methyl sites for hydroxylation is 1. The van der Waals surface area contributed by atoms with Crippen LogP contribution in [0, 0.1) is 12.8 Å². The van der Waals surface area contributed by atoms with E-state index >= 15 is 0 Å². The lowest BCUT2D eigenvalue weighted by molar-refractivity contribution is 0.362. The van der Waals surface area contributed by atoms with Crippen LogP contribution >= 0.6 is 0 Å². The zero-order valence-corrected chi connectivity index (χ0v) is 10.4. The van der Waals surface area contributed by atoms with Crippen molar-refractivity contribution in [2.24, 2.45) is 5.92 Å². The van der Waals surface area contributed by atoms with E-state index in [9.17, 15) is 0 Å². The molecule has 0 saturated carbocycles. The number of hydrogen-bond donors (Lipinski definition) is 1. The molecule has 0 amide bonds. The van der Waals surface area contributed by atoms with Crippen molar-refractivity contribution in [3.63, 3.8) is 0 Å². The van der Waals surface area contributed by atoms with Crippen molar-refractivity contribution in [3.05, 3.63) is 11.6 Å². The molecule has 0 atom stereocenters. The summed E-state index contributed by atoms with van der Waals surface area (Å²) in [6.45, 7) is 7.62. The zero-order chi connectivity index (χ0) is 11.4. The van der Waals surface area contributed by atoms with Crippen molar-refractivity contribution >= 4 is 0 Å². The van der Waals surface area contributed by atoms with Crippen LogP contribution < -0.4 is 5.32 Å². The second-order valence-corrected chi connectivity index (χ2v) is 4.71. The van der Waals surface area contributed by atoms with E-state index in [-0.39, 0.29) is 0 Å². The number of piperidine rings is 1. The van der Waals surface area contributed by atoms with E-state index in [0.29, 0.717) is 0 Å². The molecule has 90 valence electrons. The molecule has 0 unspecified atom stereocenters. The SMILES string of the molecule is CCCn1c(C)nnc1CC1CCNCC1. The van der Waals surface area contributed by atoms with Gasteiger partial charge in [0.05, 0.1) is 0 Å². The van der Waals surface area contributed by atoms with Crippen molar-refractivity contribution in [3.8, 4) is 0 Å². The smallest absolute Gasteiger partial charge is 0.133 e. The molecular weight excluding hydrogens is 200 g/mol. The Labute approximate surface area is 97.5 Å². The molecule has 0 bridgehead atoms. The van der Waals surface area contributed by atoms with Crippen LogP contribution in [0.15, 0.2) is 0 Å².